The van der Waals surface area contributed by atoms with Crippen LogP contribution in [0.3, 0.4) is 0 Å². The van der Waals surface area contributed by atoms with Gasteiger partial charge < -0.3 is 14.2 Å². The summed E-state index contributed by atoms with van der Waals surface area (Å²) >= 11 is 0. The first kappa shape index (κ1) is 74.8. The molecule has 0 saturated heterocycles. The van der Waals surface area contributed by atoms with E-state index in [1.54, 1.807) is 0 Å². The lowest BCUT2D eigenvalue weighted by atomic mass is 10.0. The highest BCUT2D eigenvalue weighted by atomic mass is 16.6. The number of hydrogen-bond donors (Lipinski definition) is 0. The molecule has 0 fully saturated rings. The highest BCUT2D eigenvalue weighted by Crippen LogP contribution is 2.18. The van der Waals surface area contributed by atoms with Crippen LogP contribution in [-0.2, 0) is 28.6 Å². The Kier molecular flexibility index (Phi) is 63.7. The molecule has 1 atom stereocenters. The first-order chi connectivity index (χ1) is 38.5. The van der Waals surface area contributed by atoms with E-state index in [2.05, 4.69) is 93.7 Å². The van der Waals surface area contributed by atoms with E-state index in [-0.39, 0.29) is 31.1 Å². The van der Waals surface area contributed by atoms with Gasteiger partial charge in [-0.3, -0.25) is 14.4 Å². The molecule has 6 heteroatoms. The summed E-state index contributed by atoms with van der Waals surface area (Å²) in [5.74, 6) is -0.876. The molecule has 0 N–H and O–H groups in total. The normalized spacial score (nSPS) is 12.5. The Labute approximate surface area is 484 Å². The summed E-state index contributed by atoms with van der Waals surface area (Å²) in [5, 5.41) is 0. The van der Waals surface area contributed by atoms with Gasteiger partial charge in [0.2, 0.25) is 0 Å². The predicted molar refractivity (Wildman–Crippen MR) is 339 cm³/mol. The molecule has 0 aliphatic carbocycles. The first-order valence-electron chi connectivity index (χ1n) is 33.9. The van der Waals surface area contributed by atoms with Crippen LogP contribution >= 0.6 is 0 Å². The van der Waals surface area contributed by atoms with Gasteiger partial charge in [-0.2, -0.15) is 0 Å². The summed E-state index contributed by atoms with van der Waals surface area (Å²) in [6.07, 6.45) is 86.3. The fourth-order valence-corrected chi connectivity index (χ4v) is 9.88. The summed E-state index contributed by atoms with van der Waals surface area (Å²) < 4.78 is 17.0. The van der Waals surface area contributed by atoms with E-state index in [0.717, 1.165) is 103 Å². The summed E-state index contributed by atoms with van der Waals surface area (Å²) in [7, 11) is 0. The summed E-state index contributed by atoms with van der Waals surface area (Å²) in [6.45, 7) is 6.55. The molecular formula is C72H128O6. The van der Waals surface area contributed by atoms with E-state index < -0.39 is 6.10 Å². The van der Waals surface area contributed by atoms with Gasteiger partial charge in [-0.25, -0.2) is 0 Å². The molecule has 0 rings (SSSR count). The lowest BCUT2D eigenvalue weighted by Gasteiger charge is -2.18. The molecule has 0 radical (unpaired) electrons. The molecule has 0 aliphatic rings. The molecule has 0 aromatic heterocycles. The summed E-state index contributed by atoms with van der Waals surface area (Å²) in [5.41, 5.74) is 0. The van der Waals surface area contributed by atoms with Crippen LogP contribution in [0.5, 0.6) is 0 Å². The topological polar surface area (TPSA) is 78.9 Å². The van der Waals surface area contributed by atoms with Crippen molar-refractivity contribution in [1.29, 1.82) is 0 Å². The van der Waals surface area contributed by atoms with E-state index in [1.807, 2.05) is 0 Å². The van der Waals surface area contributed by atoms with Crippen molar-refractivity contribution in [1.82, 2.24) is 0 Å². The molecule has 0 saturated carbocycles. The molecule has 0 bridgehead atoms. The van der Waals surface area contributed by atoms with Gasteiger partial charge in [0.15, 0.2) is 6.10 Å². The minimum atomic E-state index is -0.783. The lowest BCUT2D eigenvalue weighted by Crippen LogP contribution is -2.30. The molecule has 0 amide bonds. The molecular weight excluding hydrogens is 961 g/mol. The van der Waals surface area contributed by atoms with Gasteiger partial charge >= 0.3 is 17.9 Å². The number of carbonyl (C=O) groups is 3. The van der Waals surface area contributed by atoms with Crippen molar-refractivity contribution in [2.75, 3.05) is 13.2 Å². The van der Waals surface area contributed by atoms with Crippen LogP contribution in [0.2, 0.25) is 0 Å². The Morgan fingerprint density at radius 1 is 0.269 bits per heavy atom. The monoisotopic (exact) mass is 1090 g/mol. The van der Waals surface area contributed by atoms with Crippen molar-refractivity contribution < 1.29 is 28.6 Å². The number of esters is 3. The van der Waals surface area contributed by atoms with Crippen molar-refractivity contribution in [2.24, 2.45) is 0 Å². The zero-order valence-corrected chi connectivity index (χ0v) is 51.9. The van der Waals surface area contributed by atoms with Gasteiger partial charge in [-0.05, 0) is 89.9 Å². The molecule has 0 aromatic rings. The maximum Gasteiger partial charge on any atom is 0.306 e. The zero-order valence-electron chi connectivity index (χ0n) is 51.9. The number of ether oxygens (including phenoxy) is 3. The van der Waals surface area contributed by atoms with E-state index >= 15 is 0 Å². The van der Waals surface area contributed by atoms with Crippen molar-refractivity contribution in [2.45, 2.75) is 354 Å². The fourth-order valence-electron chi connectivity index (χ4n) is 9.88. The van der Waals surface area contributed by atoms with Crippen LogP contribution in [0.4, 0.5) is 0 Å². The molecule has 0 heterocycles. The van der Waals surface area contributed by atoms with E-state index in [1.165, 1.54) is 205 Å². The molecule has 78 heavy (non-hydrogen) atoms. The van der Waals surface area contributed by atoms with Crippen LogP contribution in [0, 0.1) is 0 Å². The molecule has 1 unspecified atom stereocenters. The summed E-state index contributed by atoms with van der Waals surface area (Å²) in [6, 6.07) is 0. The predicted octanol–water partition coefficient (Wildman–Crippen LogP) is 23.3. The van der Waals surface area contributed by atoms with Gasteiger partial charge in [0.25, 0.3) is 0 Å². The quantitative estimate of drug-likeness (QED) is 0.0261. The maximum absolute atomic E-state index is 12.9. The number of rotatable bonds is 62. The lowest BCUT2D eigenvalue weighted by molar-refractivity contribution is -0.167. The average Bonchev–Trinajstić information content (AvgIpc) is 3.44. The number of hydrogen-bond acceptors (Lipinski definition) is 6. The minimum Gasteiger partial charge on any atom is -0.462 e. The molecule has 0 aromatic carbocycles. The van der Waals surface area contributed by atoms with Crippen molar-refractivity contribution >= 4 is 17.9 Å². The summed E-state index contributed by atoms with van der Waals surface area (Å²) in [4.78, 5) is 38.4. The van der Waals surface area contributed by atoms with Gasteiger partial charge in [0, 0.05) is 19.3 Å². The van der Waals surface area contributed by atoms with E-state index in [0.29, 0.717) is 19.3 Å². The van der Waals surface area contributed by atoms with Crippen molar-refractivity contribution in [3.63, 3.8) is 0 Å². The van der Waals surface area contributed by atoms with Gasteiger partial charge in [0.1, 0.15) is 13.2 Å². The Morgan fingerprint density at radius 2 is 0.500 bits per heavy atom. The highest BCUT2D eigenvalue weighted by Gasteiger charge is 2.19. The Morgan fingerprint density at radius 3 is 0.795 bits per heavy atom. The first-order valence-corrected chi connectivity index (χ1v) is 33.9. The van der Waals surface area contributed by atoms with Gasteiger partial charge in [0.05, 0.1) is 0 Å². The average molecular weight is 1090 g/mol. The number of unbranched alkanes of at least 4 members (excludes halogenated alkanes) is 39. The number of allylic oxidation sites excluding steroid dienone is 12. The largest absolute Gasteiger partial charge is 0.462 e. The second-order valence-corrected chi connectivity index (χ2v) is 22.7. The van der Waals surface area contributed by atoms with Gasteiger partial charge in [-0.15, -0.1) is 0 Å². The third-order valence-electron chi connectivity index (χ3n) is 14.9. The maximum atomic E-state index is 12.9. The highest BCUT2D eigenvalue weighted by molar-refractivity contribution is 5.71. The minimum absolute atomic E-state index is 0.0790. The Bertz CT molecular complexity index is 1440. The third-order valence-corrected chi connectivity index (χ3v) is 14.9. The second kappa shape index (κ2) is 66.4. The van der Waals surface area contributed by atoms with Crippen LogP contribution < -0.4 is 0 Å². The number of carbonyl (C=O) groups excluding carboxylic acids is 3. The van der Waals surface area contributed by atoms with Crippen LogP contribution in [0.1, 0.15) is 348 Å². The SMILES string of the molecule is CC/C=C\C/C=C\C/C=C\C/C=C\CCCCCCCCCCCCC(=O)OCC(COC(=O)CCCCCCC/C=C\C/C=C\CCCCCC)OC(=O)CCCCCCCCCCCCCCCCCCCCCCC. The van der Waals surface area contributed by atoms with Crippen LogP contribution in [0.25, 0.3) is 0 Å². The van der Waals surface area contributed by atoms with E-state index in [9.17, 15) is 14.4 Å². The van der Waals surface area contributed by atoms with E-state index in [4.69, 9.17) is 14.2 Å². The fraction of sp³-hybridized carbons (Fsp3) is 0.792. The van der Waals surface area contributed by atoms with Crippen molar-refractivity contribution in [3.05, 3.63) is 72.9 Å². The third kappa shape index (κ3) is 63.7. The standard InChI is InChI=1S/C72H128O6/c1-4-7-10-13-16-19-22-25-28-31-33-35-36-38-39-41-44-47-50-53-56-59-62-65-71(74)77-68-69(67-76-70(73)64-61-58-55-52-49-46-43-30-27-24-21-18-15-12-9-6-3)78-72(75)66-63-60-57-54-51-48-45-42-40-37-34-32-29-26-23-20-17-14-11-8-5-2/h7,10,16,19,21,24-25,28,30,33,35,43,69H,4-6,8-9,11-15,17-18,20,22-23,26-27,29,31-32,34,36-42,44-68H2,1-3H3/b10-7-,19-16-,24-21-,28-25-,35-33-,43-30-. The van der Waals surface area contributed by atoms with Crippen molar-refractivity contribution in [3.8, 4) is 0 Å². The molecule has 0 aliphatic heterocycles. The smallest absolute Gasteiger partial charge is 0.306 e. The molecule has 6 nitrogen and oxygen atoms in total. The Hall–Kier alpha value is -3.15. The van der Waals surface area contributed by atoms with Gasteiger partial charge in [-0.1, -0.05) is 312 Å². The zero-order chi connectivity index (χ0) is 56.4. The van der Waals surface area contributed by atoms with Crippen LogP contribution in [-0.4, -0.2) is 37.2 Å². The molecule has 0 spiro atoms. The van der Waals surface area contributed by atoms with Crippen LogP contribution in [0.15, 0.2) is 72.9 Å². The molecule has 452 valence electrons. The second-order valence-electron chi connectivity index (χ2n) is 22.7. The Balaban J connectivity index is 4.34.